The lowest BCUT2D eigenvalue weighted by Gasteiger charge is -2.65. The van der Waals surface area contributed by atoms with Crippen LogP contribution in [0.1, 0.15) is 58.1 Å². The quantitative estimate of drug-likeness (QED) is 0.762. The SMILES string of the molecule is CC12CC3CC(C)(C1)CC(NCc1ccc(I)o1)(C3)C2. The van der Waals surface area contributed by atoms with Crippen LogP contribution in [0.5, 0.6) is 0 Å². The smallest absolute Gasteiger partial charge is 0.164 e. The fourth-order valence-corrected chi connectivity index (χ4v) is 6.83. The van der Waals surface area contributed by atoms with Gasteiger partial charge in [-0.1, -0.05) is 13.8 Å². The van der Waals surface area contributed by atoms with E-state index in [4.69, 9.17) is 4.42 Å². The number of rotatable bonds is 3. The minimum atomic E-state index is 0.376. The van der Waals surface area contributed by atoms with Gasteiger partial charge in [0, 0.05) is 5.54 Å². The van der Waals surface area contributed by atoms with Crippen molar-refractivity contribution in [2.45, 2.75) is 64.5 Å². The Bertz CT molecular complexity index is 519. The molecule has 4 aliphatic rings. The predicted octanol–water partition coefficient (Wildman–Crippen LogP) is 4.72. The monoisotopic (exact) mass is 385 g/mol. The Morgan fingerprint density at radius 3 is 2.40 bits per heavy atom. The van der Waals surface area contributed by atoms with Crippen molar-refractivity contribution in [2.75, 3.05) is 0 Å². The highest BCUT2D eigenvalue weighted by molar-refractivity contribution is 14.1. The zero-order chi connectivity index (χ0) is 14.0. The Labute approximate surface area is 135 Å². The molecule has 110 valence electrons. The maximum absolute atomic E-state index is 5.72. The first-order valence-corrected chi connectivity index (χ1v) is 8.95. The Hall–Kier alpha value is -0.0300. The molecule has 0 saturated heterocycles. The van der Waals surface area contributed by atoms with Gasteiger partial charge in [0.25, 0.3) is 0 Å². The van der Waals surface area contributed by atoms with Gasteiger partial charge in [0.05, 0.1) is 6.54 Å². The first-order valence-electron chi connectivity index (χ1n) is 7.87. The van der Waals surface area contributed by atoms with Crippen molar-refractivity contribution >= 4 is 22.6 Å². The molecule has 0 radical (unpaired) electrons. The summed E-state index contributed by atoms with van der Waals surface area (Å²) in [6.45, 7) is 5.95. The van der Waals surface area contributed by atoms with Crippen LogP contribution in [-0.4, -0.2) is 5.54 Å². The molecule has 3 heteroatoms. The van der Waals surface area contributed by atoms with Crippen LogP contribution in [0.4, 0.5) is 0 Å². The van der Waals surface area contributed by atoms with E-state index in [9.17, 15) is 0 Å². The number of hydrogen-bond donors (Lipinski definition) is 1. The Balaban J connectivity index is 1.55. The fraction of sp³-hybridized carbons (Fsp3) is 0.765. The molecule has 0 aliphatic heterocycles. The molecule has 0 spiro atoms. The second-order valence-corrected chi connectivity index (χ2v) is 9.53. The molecular weight excluding hydrogens is 361 g/mol. The van der Waals surface area contributed by atoms with Crippen LogP contribution in [0, 0.1) is 20.5 Å². The molecule has 4 bridgehead atoms. The summed E-state index contributed by atoms with van der Waals surface area (Å²) in [5.41, 5.74) is 1.54. The fourth-order valence-electron chi connectivity index (χ4n) is 6.37. The van der Waals surface area contributed by atoms with E-state index in [1.54, 1.807) is 0 Å². The van der Waals surface area contributed by atoms with E-state index in [2.05, 4.69) is 53.9 Å². The first kappa shape index (κ1) is 13.6. The predicted molar refractivity (Wildman–Crippen MR) is 88.4 cm³/mol. The molecule has 1 aromatic rings. The summed E-state index contributed by atoms with van der Waals surface area (Å²) < 4.78 is 6.71. The largest absolute Gasteiger partial charge is 0.454 e. The zero-order valence-corrected chi connectivity index (χ0v) is 14.6. The molecule has 2 nitrogen and oxygen atoms in total. The molecule has 2 unspecified atom stereocenters. The zero-order valence-electron chi connectivity index (χ0n) is 12.5. The van der Waals surface area contributed by atoms with E-state index in [1.165, 1.54) is 38.5 Å². The van der Waals surface area contributed by atoms with Crippen molar-refractivity contribution in [2.24, 2.45) is 16.7 Å². The van der Waals surface area contributed by atoms with Gasteiger partial charge in [0.15, 0.2) is 3.77 Å². The van der Waals surface area contributed by atoms with Gasteiger partial charge in [-0.15, -0.1) is 0 Å². The van der Waals surface area contributed by atoms with Gasteiger partial charge in [-0.05, 0) is 90.0 Å². The summed E-state index contributed by atoms with van der Waals surface area (Å²) in [6, 6.07) is 4.17. The average molecular weight is 385 g/mol. The summed E-state index contributed by atoms with van der Waals surface area (Å²) in [4.78, 5) is 0. The standard InChI is InChI=1S/C17H24INO/c1-15-5-12-6-16(2,9-15)11-17(7-12,10-15)19-8-13-3-4-14(18)20-13/h3-4,12,19H,5-11H2,1-2H3. The van der Waals surface area contributed by atoms with Gasteiger partial charge < -0.3 is 9.73 Å². The molecule has 1 N–H and O–H groups in total. The number of halogens is 1. The molecule has 4 fully saturated rings. The van der Waals surface area contributed by atoms with E-state index in [1.807, 2.05) is 0 Å². The van der Waals surface area contributed by atoms with E-state index in [-0.39, 0.29) is 0 Å². The third-order valence-electron chi connectivity index (χ3n) is 5.89. The average Bonchev–Trinajstić information content (AvgIpc) is 2.68. The maximum Gasteiger partial charge on any atom is 0.164 e. The van der Waals surface area contributed by atoms with Crippen LogP contribution in [0.15, 0.2) is 16.5 Å². The van der Waals surface area contributed by atoms with Crippen LogP contribution in [0.25, 0.3) is 0 Å². The molecule has 4 saturated carbocycles. The third-order valence-corrected chi connectivity index (χ3v) is 6.47. The van der Waals surface area contributed by atoms with Gasteiger partial charge in [0.2, 0.25) is 0 Å². The molecule has 4 aliphatic carbocycles. The topological polar surface area (TPSA) is 25.2 Å². The highest BCUT2D eigenvalue weighted by Gasteiger charge is 2.59. The van der Waals surface area contributed by atoms with Gasteiger partial charge >= 0.3 is 0 Å². The second-order valence-electron chi connectivity index (χ2n) is 8.47. The molecule has 1 heterocycles. The second kappa shape index (κ2) is 4.25. The lowest BCUT2D eigenvalue weighted by Crippen LogP contribution is -2.63. The highest BCUT2D eigenvalue weighted by Crippen LogP contribution is 2.66. The summed E-state index contributed by atoms with van der Waals surface area (Å²) in [5.74, 6) is 2.03. The molecule has 2 atom stereocenters. The van der Waals surface area contributed by atoms with Crippen molar-refractivity contribution in [1.29, 1.82) is 0 Å². The van der Waals surface area contributed by atoms with Gasteiger partial charge in [-0.2, -0.15) is 0 Å². The molecule has 20 heavy (non-hydrogen) atoms. The Morgan fingerprint density at radius 2 is 1.85 bits per heavy atom. The number of hydrogen-bond acceptors (Lipinski definition) is 2. The van der Waals surface area contributed by atoms with E-state index >= 15 is 0 Å². The van der Waals surface area contributed by atoms with Crippen molar-refractivity contribution in [3.63, 3.8) is 0 Å². The number of nitrogens with one attached hydrogen (secondary N) is 1. The van der Waals surface area contributed by atoms with Crippen LogP contribution >= 0.6 is 22.6 Å². The van der Waals surface area contributed by atoms with Crippen LogP contribution < -0.4 is 5.32 Å². The van der Waals surface area contributed by atoms with Crippen molar-refractivity contribution in [3.8, 4) is 0 Å². The van der Waals surface area contributed by atoms with Crippen LogP contribution in [0.3, 0.4) is 0 Å². The molecule has 5 rings (SSSR count). The molecular formula is C17H24INO. The van der Waals surface area contributed by atoms with E-state index in [0.717, 1.165) is 22.0 Å². The Morgan fingerprint density at radius 1 is 1.15 bits per heavy atom. The Kier molecular flexibility index (Phi) is 2.89. The van der Waals surface area contributed by atoms with Gasteiger partial charge in [-0.25, -0.2) is 0 Å². The minimum Gasteiger partial charge on any atom is -0.454 e. The molecule has 0 aromatic carbocycles. The van der Waals surface area contributed by atoms with Crippen LogP contribution in [-0.2, 0) is 6.54 Å². The van der Waals surface area contributed by atoms with Crippen molar-refractivity contribution in [1.82, 2.24) is 5.32 Å². The summed E-state index contributed by atoms with van der Waals surface area (Å²) in [5, 5.41) is 3.91. The van der Waals surface area contributed by atoms with Gasteiger partial charge in [-0.3, -0.25) is 0 Å². The normalized spacial score (nSPS) is 46.0. The molecule has 1 aromatic heterocycles. The van der Waals surface area contributed by atoms with E-state index in [0.29, 0.717) is 16.4 Å². The first-order chi connectivity index (χ1) is 9.38. The minimum absolute atomic E-state index is 0.376. The lowest BCUT2D eigenvalue weighted by atomic mass is 9.43. The maximum atomic E-state index is 5.72. The molecule has 0 amide bonds. The third kappa shape index (κ3) is 2.25. The van der Waals surface area contributed by atoms with Crippen molar-refractivity contribution in [3.05, 3.63) is 21.7 Å². The summed E-state index contributed by atoms with van der Waals surface area (Å²) >= 11 is 2.24. The number of furan rings is 1. The van der Waals surface area contributed by atoms with Gasteiger partial charge in [0.1, 0.15) is 5.76 Å². The van der Waals surface area contributed by atoms with Crippen LogP contribution in [0.2, 0.25) is 0 Å². The van der Waals surface area contributed by atoms with Crippen molar-refractivity contribution < 1.29 is 4.42 Å². The highest BCUT2D eigenvalue weighted by atomic mass is 127. The summed E-state index contributed by atoms with van der Waals surface area (Å²) in [7, 11) is 0. The lowest BCUT2D eigenvalue weighted by molar-refractivity contribution is -0.118. The summed E-state index contributed by atoms with van der Waals surface area (Å²) in [6.07, 6.45) is 8.48. The van der Waals surface area contributed by atoms with E-state index < -0.39 is 0 Å².